The Hall–Kier alpha value is -0.0800. The lowest BCUT2D eigenvalue weighted by Gasteiger charge is -2.17. The molecule has 2 unspecified atom stereocenters. The van der Waals surface area contributed by atoms with Crippen LogP contribution in [0.15, 0.2) is 40.2 Å². The van der Waals surface area contributed by atoms with Crippen LogP contribution in [0.1, 0.15) is 19.3 Å². The molecule has 2 rings (SSSR count). The lowest BCUT2D eigenvalue weighted by atomic mass is 10.2. The molecule has 124 valence electrons. The first-order valence-electron chi connectivity index (χ1n) is 7.49. The van der Waals surface area contributed by atoms with E-state index in [2.05, 4.69) is 52.2 Å². The molecule has 1 aromatic carbocycles. The van der Waals surface area contributed by atoms with Crippen molar-refractivity contribution in [2.45, 2.75) is 35.4 Å². The minimum absolute atomic E-state index is 0. The number of benzene rings is 1. The fourth-order valence-corrected chi connectivity index (χ4v) is 4.11. The normalized spacial score (nSPS) is 21.3. The van der Waals surface area contributed by atoms with Crippen molar-refractivity contribution in [1.29, 1.82) is 0 Å². The van der Waals surface area contributed by atoms with Crippen molar-refractivity contribution in [3.63, 3.8) is 0 Å². The Kier molecular flexibility index (Phi) is 10.4. The van der Waals surface area contributed by atoms with Crippen LogP contribution < -0.4 is 10.6 Å². The summed E-state index contributed by atoms with van der Waals surface area (Å²) in [6.45, 7) is 0.928. The quantitative estimate of drug-likeness (QED) is 0.227. The van der Waals surface area contributed by atoms with Gasteiger partial charge in [-0.05, 0) is 37.7 Å². The van der Waals surface area contributed by atoms with Gasteiger partial charge in [-0.25, -0.2) is 0 Å². The zero-order valence-corrected chi connectivity index (χ0v) is 17.2. The van der Waals surface area contributed by atoms with Crippen LogP contribution in [0.5, 0.6) is 0 Å². The molecule has 22 heavy (non-hydrogen) atoms. The number of nitrogens with zero attached hydrogens (tertiary/aromatic N) is 1. The molecule has 0 aromatic heterocycles. The van der Waals surface area contributed by atoms with Crippen molar-refractivity contribution < 1.29 is 0 Å². The van der Waals surface area contributed by atoms with Gasteiger partial charge in [0, 0.05) is 35.5 Å². The SMILES string of the molecule is CN=C(NCCSc1ccccc1)NC1CCC(SC)C1.I. The second-order valence-corrected chi connectivity index (χ2v) is 7.48. The summed E-state index contributed by atoms with van der Waals surface area (Å²) in [6, 6.07) is 11.1. The molecule has 0 spiro atoms. The topological polar surface area (TPSA) is 36.4 Å². The first-order chi connectivity index (χ1) is 10.3. The van der Waals surface area contributed by atoms with Gasteiger partial charge in [-0.1, -0.05) is 18.2 Å². The molecule has 3 nitrogen and oxygen atoms in total. The number of nitrogens with one attached hydrogen (secondary N) is 2. The molecule has 0 bridgehead atoms. The molecule has 1 aromatic rings. The van der Waals surface area contributed by atoms with E-state index in [0.717, 1.165) is 23.5 Å². The van der Waals surface area contributed by atoms with Crippen molar-refractivity contribution in [2.24, 2.45) is 4.99 Å². The van der Waals surface area contributed by atoms with Crippen LogP contribution >= 0.6 is 47.5 Å². The second-order valence-electron chi connectivity index (χ2n) is 5.17. The summed E-state index contributed by atoms with van der Waals surface area (Å²) >= 11 is 3.86. The van der Waals surface area contributed by atoms with Gasteiger partial charge in [0.05, 0.1) is 0 Å². The van der Waals surface area contributed by atoms with E-state index in [1.165, 1.54) is 24.2 Å². The minimum atomic E-state index is 0. The van der Waals surface area contributed by atoms with E-state index in [9.17, 15) is 0 Å². The molecule has 1 saturated carbocycles. The highest BCUT2D eigenvalue weighted by atomic mass is 127. The van der Waals surface area contributed by atoms with Gasteiger partial charge in [0.25, 0.3) is 0 Å². The lowest BCUT2D eigenvalue weighted by Crippen LogP contribution is -2.43. The third-order valence-corrected chi connectivity index (χ3v) is 5.80. The number of hydrogen-bond acceptors (Lipinski definition) is 3. The molecule has 0 radical (unpaired) electrons. The highest BCUT2D eigenvalue weighted by molar-refractivity contribution is 14.0. The summed E-state index contributed by atoms with van der Waals surface area (Å²) in [5.74, 6) is 1.98. The van der Waals surface area contributed by atoms with E-state index < -0.39 is 0 Å². The summed E-state index contributed by atoms with van der Waals surface area (Å²) < 4.78 is 0. The molecule has 0 heterocycles. The number of aliphatic imine (C=N–C) groups is 1. The number of guanidine groups is 1. The Bertz CT molecular complexity index is 442. The summed E-state index contributed by atoms with van der Waals surface area (Å²) in [5.41, 5.74) is 0. The lowest BCUT2D eigenvalue weighted by molar-refractivity contribution is 0.617. The zero-order chi connectivity index (χ0) is 14.9. The van der Waals surface area contributed by atoms with Crippen LogP contribution in [0.3, 0.4) is 0 Å². The van der Waals surface area contributed by atoms with Crippen molar-refractivity contribution in [1.82, 2.24) is 10.6 Å². The molecule has 2 N–H and O–H groups in total. The zero-order valence-electron chi connectivity index (χ0n) is 13.2. The molecular formula is C16H26IN3S2. The van der Waals surface area contributed by atoms with E-state index >= 15 is 0 Å². The average molecular weight is 451 g/mol. The molecule has 0 aliphatic heterocycles. The van der Waals surface area contributed by atoms with E-state index in [1.54, 1.807) is 0 Å². The molecular weight excluding hydrogens is 425 g/mol. The first-order valence-corrected chi connectivity index (χ1v) is 9.77. The maximum atomic E-state index is 4.33. The van der Waals surface area contributed by atoms with Gasteiger partial charge in [0.1, 0.15) is 0 Å². The molecule has 0 saturated heterocycles. The molecule has 1 fully saturated rings. The first kappa shape index (κ1) is 20.0. The fraction of sp³-hybridized carbons (Fsp3) is 0.562. The van der Waals surface area contributed by atoms with Gasteiger partial charge in [0.2, 0.25) is 0 Å². The van der Waals surface area contributed by atoms with Crippen LogP contribution in [0.25, 0.3) is 0 Å². The molecule has 1 aliphatic rings. The third-order valence-electron chi connectivity index (χ3n) is 3.69. The van der Waals surface area contributed by atoms with Gasteiger partial charge < -0.3 is 10.6 Å². The minimum Gasteiger partial charge on any atom is -0.356 e. The van der Waals surface area contributed by atoms with Gasteiger partial charge in [-0.2, -0.15) is 11.8 Å². The number of thioether (sulfide) groups is 2. The van der Waals surface area contributed by atoms with E-state index in [-0.39, 0.29) is 24.0 Å². The van der Waals surface area contributed by atoms with Crippen molar-refractivity contribution >= 4 is 53.5 Å². The number of rotatable bonds is 6. The largest absolute Gasteiger partial charge is 0.356 e. The standard InChI is InChI=1S/C16H25N3S2.HI/c1-17-16(19-13-8-9-15(12-13)20-2)18-10-11-21-14-6-4-3-5-7-14;/h3-7,13,15H,8-12H2,1-2H3,(H2,17,18,19);1H. The summed E-state index contributed by atoms with van der Waals surface area (Å²) in [4.78, 5) is 5.65. The van der Waals surface area contributed by atoms with E-state index in [4.69, 9.17) is 0 Å². The molecule has 1 aliphatic carbocycles. The molecule has 2 atom stereocenters. The maximum absolute atomic E-state index is 4.33. The Morgan fingerprint density at radius 2 is 2.05 bits per heavy atom. The van der Waals surface area contributed by atoms with Crippen molar-refractivity contribution in [3.8, 4) is 0 Å². The molecule has 6 heteroatoms. The Labute approximate surface area is 159 Å². The summed E-state index contributed by atoms with van der Waals surface area (Å²) in [7, 11) is 1.85. The van der Waals surface area contributed by atoms with Crippen LogP contribution in [-0.4, -0.2) is 42.9 Å². The predicted octanol–water partition coefficient (Wildman–Crippen LogP) is 3.85. The Balaban J connectivity index is 0.00000242. The smallest absolute Gasteiger partial charge is 0.191 e. The van der Waals surface area contributed by atoms with Crippen LogP contribution in [-0.2, 0) is 0 Å². The van der Waals surface area contributed by atoms with Gasteiger partial charge in [-0.15, -0.1) is 35.7 Å². The predicted molar refractivity (Wildman–Crippen MR) is 112 cm³/mol. The fourth-order valence-electron chi connectivity index (χ4n) is 2.53. The van der Waals surface area contributed by atoms with E-state index in [1.807, 2.05) is 30.6 Å². The third kappa shape index (κ3) is 7.00. The van der Waals surface area contributed by atoms with Gasteiger partial charge in [0.15, 0.2) is 5.96 Å². The van der Waals surface area contributed by atoms with E-state index in [0.29, 0.717) is 6.04 Å². The summed E-state index contributed by atoms with van der Waals surface area (Å²) in [5, 5.41) is 7.77. The average Bonchev–Trinajstić information content (AvgIpc) is 2.99. The maximum Gasteiger partial charge on any atom is 0.191 e. The Morgan fingerprint density at radius 1 is 1.27 bits per heavy atom. The monoisotopic (exact) mass is 451 g/mol. The van der Waals surface area contributed by atoms with Crippen molar-refractivity contribution in [2.75, 3.05) is 25.6 Å². The van der Waals surface area contributed by atoms with Gasteiger partial charge in [-0.3, -0.25) is 4.99 Å². The van der Waals surface area contributed by atoms with Crippen LogP contribution in [0.4, 0.5) is 0 Å². The highest BCUT2D eigenvalue weighted by Gasteiger charge is 2.24. The number of halogens is 1. The van der Waals surface area contributed by atoms with Crippen molar-refractivity contribution in [3.05, 3.63) is 30.3 Å². The second kappa shape index (κ2) is 11.5. The number of hydrogen-bond donors (Lipinski definition) is 2. The Morgan fingerprint density at radius 3 is 2.68 bits per heavy atom. The van der Waals surface area contributed by atoms with Crippen LogP contribution in [0.2, 0.25) is 0 Å². The van der Waals surface area contributed by atoms with Crippen LogP contribution in [0, 0.1) is 0 Å². The van der Waals surface area contributed by atoms with Gasteiger partial charge >= 0.3 is 0 Å². The molecule has 0 amide bonds. The highest BCUT2D eigenvalue weighted by Crippen LogP contribution is 2.28. The summed E-state index contributed by atoms with van der Waals surface area (Å²) in [6.07, 6.45) is 6.03.